The topological polar surface area (TPSA) is 99.1 Å². The van der Waals surface area contributed by atoms with E-state index >= 15 is 0 Å². The van der Waals surface area contributed by atoms with Gasteiger partial charge in [-0.3, -0.25) is 0 Å². The summed E-state index contributed by atoms with van der Waals surface area (Å²) in [4.78, 5) is 24.7. The number of carboxylic acids is 1. The molecule has 1 saturated heterocycles. The van der Waals surface area contributed by atoms with E-state index in [-0.39, 0.29) is 24.2 Å². The fraction of sp³-hybridized carbons (Fsp3) is 0.429. The third kappa shape index (κ3) is 3.50. The molecule has 2 amide bonds. The Morgan fingerprint density at radius 1 is 1.48 bits per heavy atom. The Balaban J connectivity index is 2.08. The van der Waals surface area contributed by atoms with Gasteiger partial charge >= 0.3 is 12.0 Å². The number of hydrogen-bond acceptors (Lipinski definition) is 4. The lowest BCUT2D eigenvalue weighted by Gasteiger charge is -2.34. The molecule has 21 heavy (non-hydrogen) atoms. The number of aliphatic hydroxyl groups excluding tert-OH is 1. The Labute approximate surface area is 122 Å². The third-order valence-electron chi connectivity index (χ3n) is 3.41. The highest BCUT2D eigenvalue weighted by atomic mass is 16.5. The quantitative estimate of drug-likeness (QED) is 0.770. The van der Waals surface area contributed by atoms with E-state index in [2.05, 4.69) is 5.32 Å². The molecule has 7 nitrogen and oxygen atoms in total. The van der Waals surface area contributed by atoms with Gasteiger partial charge in [-0.05, 0) is 30.7 Å². The number of aryl methyl sites for hydroxylation is 1. The summed E-state index contributed by atoms with van der Waals surface area (Å²) >= 11 is 0. The number of rotatable bonds is 3. The Morgan fingerprint density at radius 3 is 2.86 bits per heavy atom. The first-order valence-corrected chi connectivity index (χ1v) is 6.63. The van der Waals surface area contributed by atoms with Gasteiger partial charge in [-0.25, -0.2) is 9.59 Å². The number of morpholine rings is 1. The van der Waals surface area contributed by atoms with Crippen molar-refractivity contribution in [1.29, 1.82) is 0 Å². The molecule has 0 bridgehead atoms. The van der Waals surface area contributed by atoms with Gasteiger partial charge in [-0.2, -0.15) is 0 Å². The van der Waals surface area contributed by atoms with Crippen LogP contribution in [0.1, 0.15) is 15.9 Å². The standard InChI is InChI=1S/C14H18N2O5/c1-9-6-10(2-3-12(9)13(18)19)15-14(20)16-4-5-21-8-11(16)7-17/h2-3,6,11,17H,4-5,7-8H2,1H3,(H,15,20)(H,18,19). The van der Waals surface area contributed by atoms with E-state index in [1.54, 1.807) is 19.1 Å². The second-order valence-corrected chi connectivity index (χ2v) is 4.87. The van der Waals surface area contributed by atoms with Gasteiger partial charge in [0, 0.05) is 12.2 Å². The highest BCUT2D eigenvalue weighted by Crippen LogP contribution is 2.17. The van der Waals surface area contributed by atoms with E-state index < -0.39 is 5.97 Å². The van der Waals surface area contributed by atoms with Crippen LogP contribution in [0.25, 0.3) is 0 Å². The van der Waals surface area contributed by atoms with Crippen LogP contribution in [0.15, 0.2) is 18.2 Å². The predicted molar refractivity (Wildman–Crippen MR) is 75.6 cm³/mol. The van der Waals surface area contributed by atoms with Crippen molar-refractivity contribution < 1.29 is 24.5 Å². The van der Waals surface area contributed by atoms with Gasteiger partial charge in [0.25, 0.3) is 0 Å². The van der Waals surface area contributed by atoms with Crippen molar-refractivity contribution >= 4 is 17.7 Å². The number of carbonyl (C=O) groups is 2. The number of carboxylic acid groups (broad SMARTS) is 1. The van der Waals surface area contributed by atoms with Crippen LogP contribution in [0, 0.1) is 6.92 Å². The second-order valence-electron chi connectivity index (χ2n) is 4.87. The van der Waals surface area contributed by atoms with E-state index in [0.717, 1.165) is 0 Å². The van der Waals surface area contributed by atoms with Gasteiger partial charge in [0.1, 0.15) is 0 Å². The summed E-state index contributed by atoms with van der Waals surface area (Å²) in [5, 5.41) is 20.9. The van der Waals surface area contributed by atoms with Crippen LogP contribution < -0.4 is 5.32 Å². The van der Waals surface area contributed by atoms with Crippen LogP contribution in [-0.2, 0) is 4.74 Å². The van der Waals surface area contributed by atoms with Crippen LogP contribution >= 0.6 is 0 Å². The zero-order valence-corrected chi connectivity index (χ0v) is 11.7. The number of anilines is 1. The number of aliphatic hydroxyl groups is 1. The lowest BCUT2D eigenvalue weighted by molar-refractivity contribution is -0.00485. The zero-order valence-electron chi connectivity index (χ0n) is 11.7. The number of aromatic carboxylic acids is 1. The number of benzene rings is 1. The van der Waals surface area contributed by atoms with Gasteiger partial charge in [-0.15, -0.1) is 0 Å². The van der Waals surface area contributed by atoms with Crippen molar-refractivity contribution in [3.8, 4) is 0 Å². The monoisotopic (exact) mass is 294 g/mol. The van der Waals surface area contributed by atoms with E-state index in [9.17, 15) is 14.7 Å². The smallest absolute Gasteiger partial charge is 0.335 e. The molecule has 7 heteroatoms. The lowest BCUT2D eigenvalue weighted by Crippen LogP contribution is -2.52. The maximum absolute atomic E-state index is 12.2. The normalized spacial score (nSPS) is 18.4. The molecular weight excluding hydrogens is 276 g/mol. The summed E-state index contributed by atoms with van der Waals surface area (Å²) in [5.41, 5.74) is 1.29. The minimum Gasteiger partial charge on any atom is -0.478 e. The van der Waals surface area contributed by atoms with Crippen molar-refractivity contribution in [2.75, 3.05) is 31.7 Å². The largest absolute Gasteiger partial charge is 0.478 e. The van der Waals surface area contributed by atoms with Gasteiger partial charge in [0.05, 0.1) is 31.4 Å². The highest BCUT2D eigenvalue weighted by Gasteiger charge is 2.26. The van der Waals surface area contributed by atoms with Crippen molar-refractivity contribution in [1.82, 2.24) is 4.90 Å². The Morgan fingerprint density at radius 2 is 2.24 bits per heavy atom. The van der Waals surface area contributed by atoms with E-state index in [1.165, 1.54) is 11.0 Å². The molecule has 1 aromatic rings. The molecule has 0 saturated carbocycles. The molecule has 0 radical (unpaired) electrons. The van der Waals surface area contributed by atoms with Crippen molar-refractivity contribution in [3.05, 3.63) is 29.3 Å². The lowest BCUT2D eigenvalue weighted by atomic mass is 10.1. The Hall–Kier alpha value is -2.12. The maximum atomic E-state index is 12.2. The number of ether oxygens (including phenoxy) is 1. The van der Waals surface area contributed by atoms with Gasteiger partial charge in [0.15, 0.2) is 0 Å². The van der Waals surface area contributed by atoms with Gasteiger partial charge in [-0.1, -0.05) is 0 Å². The van der Waals surface area contributed by atoms with Crippen molar-refractivity contribution in [3.63, 3.8) is 0 Å². The number of amides is 2. The molecule has 114 valence electrons. The molecule has 2 rings (SSSR count). The number of nitrogens with zero attached hydrogens (tertiary/aromatic N) is 1. The molecule has 1 atom stereocenters. The highest BCUT2D eigenvalue weighted by molar-refractivity contribution is 5.93. The molecule has 0 aromatic heterocycles. The molecule has 1 fully saturated rings. The zero-order chi connectivity index (χ0) is 15.4. The summed E-state index contributed by atoms with van der Waals surface area (Å²) in [6.07, 6.45) is 0. The summed E-state index contributed by atoms with van der Waals surface area (Å²) in [6, 6.07) is 3.91. The third-order valence-corrected chi connectivity index (χ3v) is 3.41. The summed E-state index contributed by atoms with van der Waals surface area (Å²) in [5.74, 6) is -1.00. The Kier molecular flexibility index (Phi) is 4.77. The fourth-order valence-electron chi connectivity index (χ4n) is 2.25. The van der Waals surface area contributed by atoms with Crippen molar-refractivity contribution in [2.45, 2.75) is 13.0 Å². The Bertz CT molecular complexity index is 546. The molecule has 1 unspecified atom stereocenters. The maximum Gasteiger partial charge on any atom is 0.335 e. The number of nitrogens with one attached hydrogen (secondary N) is 1. The second kappa shape index (κ2) is 6.55. The van der Waals surface area contributed by atoms with Crippen LogP contribution in [-0.4, -0.2) is 59.5 Å². The number of hydrogen-bond donors (Lipinski definition) is 3. The minimum absolute atomic E-state index is 0.162. The van der Waals surface area contributed by atoms with Crippen LogP contribution in [0.2, 0.25) is 0 Å². The molecule has 0 spiro atoms. The fourth-order valence-corrected chi connectivity index (χ4v) is 2.25. The van der Waals surface area contributed by atoms with Crippen LogP contribution in [0.3, 0.4) is 0 Å². The van der Waals surface area contributed by atoms with E-state index in [1.807, 2.05) is 0 Å². The molecule has 1 aromatic carbocycles. The van der Waals surface area contributed by atoms with E-state index in [4.69, 9.17) is 9.84 Å². The van der Waals surface area contributed by atoms with E-state index in [0.29, 0.717) is 31.0 Å². The number of urea groups is 1. The molecular formula is C14H18N2O5. The molecule has 0 aliphatic carbocycles. The van der Waals surface area contributed by atoms with Gasteiger partial charge in [0.2, 0.25) is 0 Å². The summed E-state index contributed by atoms with van der Waals surface area (Å²) < 4.78 is 5.22. The SMILES string of the molecule is Cc1cc(NC(=O)N2CCOCC2CO)ccc1C(=O)O. The van der Waals surface area contributed by atoms with Crippen molar-refractivity contribution in [2.24, 2.45) is 0 Å². The average molecular weight is 294 g/mol. The van der Waals surface area contributed by atoms with Gasteiger partial charge < -0.3 is 25.2 Å². The van der Waals surface area contributed by atoms with Crippen LogP contribution in [0.5, 0.6) is 0 Å². The molecule has 3 N–H and O–H groups in total. The first kappa shape index (κ1) is 15.3. The summed E-state index contributed by atoms with van der Waals surface area (Å²) in [6.45, 7) is 2.65. The van der Waals surface area contributed by atoms with Crippen LogP contribution in [0.4, 0.5) is 10.5 Å². The summed E-state index contributed by atoms with van der Waals surface area (Å²) in [7, 11) is 0. The predicted octanol–water partition coefficient (Wildman–Crippen LogP) is 0.918. The molecule has 1 aliphatic rings. The molecule has 1 heterocycles. The number of carbonyl (C=O) groups excluding carboxylic acids is 1. The average Bonchev–Trinajstić information content (AvgIpc) is 2.46. The molecule has 1 aliphatic heterocycles. The first-order chi connectivity index (χ1) is 10.0. The first-order valence-electron chi connectivity index (χ1n) is 6.63. The minimum atomic E-state index is -1.00.